The summed E-state index contributed by atoms with van der Waals surface area (Å²) in [7, 11) is 0. The Kier molecular flexibility index (Phi) is 6.16. The number of aryl methyl sites for hydroxylation is 2. The van der Waals surface area contributed by atoms with Gasteiger partial charge in [0.15, 0.2) is 6.61 Å². The summed E-state index contributed by atoms with van der Waals surface area (Å²) in [5.41, 5.74) is 2.69. The lowest BCUT2D eigenvalue weighted by Gasteiger charge is -2.27. The molecule has 1 saturated carbocycles. The van der Waals surface area contributed by atoms with Gasteiger partial charge in [-0.2, -0.15) is 0 Å². The van der Waals surface area contributed by atoms with E-state index in [9.17, 15) is 9.59 Å². The van der Waals surface area contributed by atoms with E-state index in [1.807, 2.05) is 66.4 Å². The molecule has 1 aliphatic heterocycles. The molecule has 0 spiro atoms. The first-order chi connectivity index (χ1) is 18.0. The van der Waals surface area contributed by atoms with E-state index in [0.717, 1.165) is 44.7 Å². The largest absolute Gasteiger partial charge is 0.484 e. The Morgan fingerprint density at radius 3 is 2.73 bits per heavy atom. The van der Waals surface area contributed by atoms with Crippen molar-refractivity contribution in [3.63, 3.8) is 0 Å². The molecule has 2 heterocycles. The molecule has 0 radical (unpaired) electrons. The Balaban J connectivity index is 1.11. The van der Waals surface area contributed by atoms with Crippen molar-refractivity contribution in [2.24, 2.45) is 11.8 Å². The molecule has 0 unspecified atom stereocenters. The summed E-state index contributed by atoms with van der Waals surface area (Å²) in [6.07, 6.45) is 1.11. The van der Waals surface area contributed by atoms with E-state index < -0.39 is 0 Å². The van der Waals surface area contributed by atoms with E-state index in [4.69, 9.17) is 4.74 Å². The van der Waals surface area contributed by atoms with Gasteiger partial charge in [0.1, 0.15) is 11.4 Å². The highest BCUT2D eigenvalue weighted by Crippen LogP contribution is 2.50. The zero-order valence-corrected chi connectivity index (χ0v) is 21.8. The van der Waals surface area contributed by atoms with Crippen LogP contribution in [0.15, 0.2) is 66.7 Å². The zero-order chi connectivity index (χ0) is 25.5. The Morgan fingerprint density at radius 2 is 1.89 bits per heavy atom. The van der Waals surface area contributed by atoms with Crippen molar-refractivity contribution in [2.45, 2.75) is 26.3 Å². The van der Waals surface area contributed by atoms with Crippen LogP contribution in [0, 0.1) is 25.7 Å². The monoisotopic (exact) mass is 511 g/mol. The number of likely N-dealkylation sites (tertiary alicyclic amines) is 1. The first-order valence-corrected chi connectivity index (χ1v) is 13.5. The van der Waals surface area contributed by atoms with E-state index in [0.29, 0.717) is 29.8 Å². The average molecular weight is 512 g/mol. The number of nitrogens with one attached hydrogen (secondary N) is 1. The van der Waals surface area contributed by atoms with Gasteiger partial charge in [-0.25, -0.2) is 4.98 Å². The van der Waals surface area contributed by atoms with Crippen molar-refractivity contribution in [2.75, 3.05) is 19.7 Å². The standard InChI is InChI=1S/C30H29N3O3S/c1-18-6-5-9-22(12-18)29-28(32-19(2)37-29)30(35)33-16-23-14-25(23)26(33)15-31-27(34)17-36-24-11-10-20-7-3-4-8-21(20)13-24/h3-13,23,25-26H,14-17H2,1-2H3,(H,31,34)/t23-,25-,26-/m1/s1. The molecule has 7 heteroatoms. The van der Waals surface area contributed by atoms with E-state index in [1.165, 1.54) is 0 Å². The number of amides is 2. The first-order valence-electron chi connectivity index (χ1n) is 12.7. The molecule has 1 N–H and O–H groups in total. The van der Waals surface area contributed by atoms with E-state index >= 15 is 0 Å². The quantitative estimate of drug-likeness (QED) is 0.369. The molecule has 6 nitrogen and oxygen atoms in total. The number of carbonyl (C=O) groups excluding carboxylic acids is 2. The molecule has 1 aliphatic carbocycles. The molecule has 2 fully saturated rings. The van der Waals surface area contributed by atoms with Crippen LogP contribution in [-0.4, -0.2) is 47.4 Å². The van der Waals surface area contributed by atoms with Crippen LogP contribution < -0.4 is 10.1 Å². The third kappa shape index (κ3) is 4.83. The topological polar surface area (TPSA) is 71.5 Å². The molecule has 2 aliphatic rings. The Hall–Kier alpha value is -3.71. The number of fused-ring (bicyclic) bond motifs is 2. The molecule has 3 aromatic carbocycles. The summed E-state index contributed by atoms with van der Waals surface area (Å²) in [5.74, 6) is 1.39. The second-order valence-corrected chi connectivity index (χ2v) is 11.3. The molecule has 1 saturated heterocycles. The number of rotatable bonds is 7. The van der Waals surface area contributed by atoms with Gasteiger partial charge in [-0.3, -0.25) is 9.59 Å². The van der Waals surface area contributed by atoms with Crippen LogP contribution in [0.2, 0.25) is 0 Å². The van der Waals surface area contributed by atoms with Crippen LogP contribution in [0.25, 0.3) is 21.2 Å². The number of hydrogen-bond donors (Lipinski definition) is 1. The predicted molar refractivity (Wildman–Crippen MR) is 146 cm³/mol. The average Bonchev–Trinajstić information content (AvgIpc) is 3.41. The van der Waals surface area contributed by atoms with E-state index in [-0.39, 0.29) is 24.5 Å². The lowest BCUT2D eigenvalue weighted by atomic mass is 10.1. The van der Waals surface area contributed by atoms with E-state index in [2.05, 4.69) is 29.4 Å². The highest BCUT2D eigenvalue weighted by Gasteiger charge is 2.54. The molecular weight excluding hydrogens is 482 g/mol. The Labute approximate surface area is 220 Å². The molecule has 3 atom stereocenters. The number of nitrogens with zero attached hydrogens (tertiary/aromatic N) is 2. The fraction of sp³-hybridized carbons (Fsp3) is 0.300. The SMILES string of the molecule is Cc1cccc(-c2sc(C)nc2C(=O)N2C[C@H]3C[C@H]3[C@H]2CNC(=O)COc2ccc3ccccc3c2)c1. The summed E-state index contributed by atoms with van der Waals surface area (Å²) < 4.78 is 5.75. The van der Waals surface area contributed by atoms with E-state index in [1.54, 1.807) is 11.3 Å². The van der Waals surface area contributed by atoms with Crippen LogP contribution in [0.1, 0.15) is 27.5 Å². The number of aromatic nitrogens is 1. The minimum Gasteiger partial charge on any atom is -0.484 e. The van der Waals surface area contributed by atoms with Crippen LogP contribution in [0.5, 0.6) is 5.75 Å². The number of ether oxygens (including phenoxy) is 1. The van der Waals surface area contributed by atoms with Crippen molar-refractivity contribution in [1.82, 2.24) is 15.2 Å². The van der Waals surface area contributed by atoms with Gasteiger partial charge in [0.25, 0.3) is 11.8 Å². The molecule has 4 aromatic rings. The smallest absolute Gasteiger partial charge is 0.274 e. The third-order valence-corrected chi connectivity index (χ3v) is 8.40. The maximum atomic E-state index is 13.7. The van der Waals surface area contributed by atoms with Gasteiger partial charge < -0.3 is 15.0 Å². The molecular formula is C30H29N3O3S. The number of hydrogen-bond acceptors (Lipinski definition) is 5. The number of benzene rings is 3. The van der Waals surface area contributed by atoms with Crippen molar-refractivity contribution < 1.29 is 14.3 Å². The van der Waals surface area contributed by atoms with Gasteiger partial charge >= 0.3 is 0 Å². The van der Waals surface area contributed by atoms with Gasteiger partial charge in [0.2, 0.25) is 0 Å². The lowest BCUT2D eigenvalue weighted by Crippen LogP contribution is -2.46. The van der Waals surface area contributed by atoms with Crippen LogP contribution >= 0.6 is 11.3 Å². The molecule has 0 bridgehead atoms. The first kappa shape index (κ1) is 23.7. The normalized spacial score (nSPS) is 20.1. The molecule has 6 rings (SSSR count). The van der Waals surface area contributed by atoms with Gasteiger partial charge in [0.05, 0.1) is 15.9 Å². The highest BCUT2D eigenvalue weighted by molar-refractivity contribution is 7.15. The fourth-order valence-corrected chi connectivity index (χ4v) is 6.34. The number of thiazole rings is 1. The molecule has 2 amide bonds. The summed E-state index contributed by atoms with van der Waals surface area (Å²) in [4.78, 5) is 33.8. The molecule has 1 aromatic heterocycles. The van der Waals surface area contributed by atoms with Gasteiger partial charge in [-0.05, 0) is 60.6 Å². The van der Waals surface area contributed by atoms with Crippen molar-refractivity contribution in [1.29, 1.82) is 0 Å². The Bertz CT molecular complexity index is 1500. The Morgan fingerprint density at radius 1 is 1.05 bits per heavy atom. The van der Waals surface area contributed by atoms with Gasteiger partial charge in [-0.15, -0.1) is 11.3 Å². The predicted octanol–water partition coefficient (Wildman–Crippen LogP) is 5.24. The second kappa shape index (κ2) is 9.63. The molecule has 37 heavy (non-hydrogen) atoms. The minimum atomic E-state index is -0.186. The van der Waals surface area contributed by atoms with Crippen molar-refractivity contribution >= 4 is 33.9 Å². The van der Waals surface area contributed by atoms with Crippen molar-refractivity contribution in [3.8, 4) is 16.2 Å². The minimum absolute atomic E-state index is 0.0190. The number of piperidine rings is 1. The summed E-state index contributed by atoms with van der Waals surface area (Å²) >= 11 is 1.55. The summed E-state index contributed by atoms with van der Waals surface area (Å²) in [6.45, 7) is 5.08. The maximum Gasteiger partial charge on any atom is 0.274 e. The van der Waals surface area contributed by atoms with Crippen LogP contribution in [-0.2, 0) is 4.79 Å². The fourth-order valence-electron chi connectivity index (χ4n) is 5.43. The third-order valence-electron chi connectivity index (χ3n) is 7.38. The number of carbonyl (C=O) groups is 2. The second-order valence-electron chi connectivity index (χ2n) is 10.1. The van der Waals surface area contributed by atoms with Crippen molar-refractivity contribution in [3.05, 3.63) is 83.0 Å². The maximum absolute atomic E-state index is 13.7. The summed E-state index contributed by atoms with van der Waals surface area (Å²) in [6, 6.07) is 22.0. The van der Waals surface area contributed by atoms with Gasteiger partial charge in [0, 0.05) is 13.1 Å². The zero-order valence-electron chi connectivity index (χ0n) is 20.9. The molecule has 188 valence electrons. The highest BCUT2D eigenvalue weighted by atomic mass is 32.1. The van der Waals surface area contributed by atoms with Crippen LogP contribution in [0.3, 0.4) is 0 Å². The van der Waals surface area contributed by atoms with Gasteiger partial charge in [-0.1, -0.05) is 60.2 Å². The summed E-state index contributed by atoms with van der Waals surface area (Å²) in [5, 5.41) is 6.09. The van der Waals surface area contributed by atoms with Crippen LogP contribution in [0.4, 0.5) is 0 Å². The lowest BCUT2D eigenvalue weighted by molar-refractivity contribution is -0.123.